The minimum atomic E-state index is 0.323. The number of rotatable bonds is 0. The summed E-state index contributed by atoms with van der Waals surface area (Å²) in [6, 6.07) is 0. The molecule has 0 aromatic rings. The van der Waals surface area contributed by atoms with Gasteiger partial charge >= 0.3 is 0 Å². The van der Waals surface area contributed by atoms with E-state index in [1.54, 1.807) is 0 Å². The van der Waals surface area contributed by atoms with Crippen molar-refractivity contribution in [1.82, 2.24) is 0 Å². The molecule has 7 heavy (non-hydrogen) atoms. The van der Waals surface area contributed by atoms with E-state index >= 15 is 0 Å². The zero-order valence-electron chi connectivity index (χ0n) is 5.03. The molecule has 0 spiro atoms. The second kappa shape index (κ2) is 2.51. The molecule has 0 fully saturated rings. The zero-order chi connectivity index (χ0) is 5.91. The fourth-order valence-corrected chi connectivity index (χ4v) is 0.982. The van der Waals surface area contributed by atoms with Crippen molar-refractivity contribution in [1.29, 1.82) is 0 Å². The third-order valence-electron chi connectivity index (χ3n) is 0.563. The minimum absolute atomic E-state index is 0.323. The lowest BCUT2D eigenvalue weighted by Gasteiger charge is -2.09. The molecular weight excluding hydrogens is 152 g/mol. The molecule has 0 aromatic heterocycles. The summed E-state index contributed by atoms with van der Waals surface area (Å²) < 4.78 is 0. The van der Waals surface area contributed by atoms with E-state index in [1.165, 1.54) is 0 Å². The lowest BCUT2D eigenvalue weighted by Crippen LogP contribution is -1.96. The molecule has 0 radical (unpaired) electrons. The van der Waals surface area contributed by atoms with Crippen LogP contribution in [0.15, 0.2) is 11.1 Å². The quantitative estimate of drug-likeness (QED) is 0.515. The van der Waals surface area contributed by atoms with Gasteiger partial charge in [-0.2, -0.15) is 0 Å². The minimum Gasteiger partial charge on any atom is -0.0722 e. The molecule has 0 aliphatic rings. The summed E-state index contributed by atoms with van der Waals surface area (Å²) in [7, 11) is 0. The predicted molar refractivity (Wildman–Crippen MR) is 37.5 cm³/mol. The molecule has 0 N–H and O–H groups in total. The van der Waals surface area contributed by atoms with Gasteiger partial charge in [-0.3, -0.25) is 0 Å². The first-order valence-electron chi connectivity index (χ1n) is 2.34. The highest BCUT2D eigenvalue weighted by Crippen LogP contribution is 2.14. The van der Waals surface area contributed by atoms with Crippen molar-refractivity contribution < 1.29 is 0 Å². The third kappa shape index (κ3) is 6.22. The van der Waals surface area contributed by atoms with Gasteiger partial charge in [0.2, 0.25) is 0 Å². The Kier molecular flexibility index (Phi) is 2.59. The Morgan fingerprint density at radius 3 is 1.71 bits per heavy atom. The molecule has 1 heteroatoms. The van der Waals surface area contributed by atoms with Crippen LogP contribution in [0.5, 0.6) is 0 Å². The van der Waals surface area contributed by atoms with Gasteiger partial charge in [0.1, 0.15) is 0 Å². The van der Waals surface area contributed by atoms with Crippen LogP contribution < -0.4 is 0 Å². The van der Waals surface area contributed by atoms with Crippen LogP contribution in [-0.2, 0) is 0 Å². The summed E-state index contributed by atoms with van der Waals surface area (Å²) in [4.78, 5) is 1.90. The van der Waals surface area contributed by atoms with Crippen LogP contribution in [0, 0.1) is 5.41 Å². The van der Waals surface area contributed by atoms with Gasteiger partial charge in [-0.25, -0.2) is 0 Å². The normalized spacial score (nSPS) is 13.1. The summed E-state index contributed by atoms with van der Waals surface area (Å²) in [5.74, 6) is 0. The smallest absolute Gasteiger partial charge is 0.0195 e. The topological polar surface area (TPSA) is 0 Å². The first-order valence-corrected chi connectivity index (χ1v) is 3.26. The van der Waals surface area contributed by atoms with Crippen molar-refractivity contribution in [3.8, 4) is 0 Å². The molecule has 0 saturated heterocycles. The van der Waals surface area contributed by atoms with E-state index in [-0.39, 0.29) is 0 Å². The average Bonchev–Trinajstić information content (AvgIpc) is 1.30. The largest absolute Gasteiger partial charge is 0.0722 e. The van der Waals surface area contributed by atoms with Crippen molar-refractivity contribution in [2.75, 3.05) is 0 Å². The average molecular weight is 163 g/mol. The Bertz CT molecular complexity index is 66.7. The van der Waals surface area contributed by atoms with Crippen LogP contribution in [0.25, 0.3) is 0 Å². The van der Waals surface area contributed by atoms with Gasteiger partial charge in [-0.15, -0.1) is 0 Å². The lowest BCUT2D eigenvalue weighted by atomic mass is 9.98. The summed E-state index contributed by atoms with van der Waals surface area (Å²) in [6.45, 7) is 6.47. The van der Waals surface area contributed by atoms with Crippen molar-refractivity contribution in [2.45, 2.75) is 20.8 Å². The molecule has 0 unspecified atom stereocenters. The van der Waals surface area contributed by atoms with Gasteiger partial charge in [0, 0.05) is 0 Å². The van der Waals surface area contributed by atoms with Gasteiger partial charge in [-0.1, -0.05) is 42.8 Å². The number of halogens is 1. The van der Waals surface area contributed by atoms with Crippen LogP contribution in [0.3, 0.4) is 0 Å². The van der Waals surface area contributed by atoms with Crippen molar-refractivity contribution in [3.63, 3.8) is 0 Å². The fourth-order valence-electron chi connectivity index (χ4n) is 0.189. The van der Waals surface area contributed by atoms with Crippen LogP contribution in [0.2, 0.25) is 0 Å². The predicted octanol–water partition coefficient (Wildman–Crippen LogP) is 2.94. The highest BCUT2D eigenvalue weighted by Gasteiger charge is 2.01. The Hall–Kier alpha value is 0.220. The van der Waals surface area contributed by atoms with Gasteiger partial charge < -0.3 is 0 Å². The maximum atomic E-state index is 3.20. The molecule has 42 valence electrons. The van der Waals surface area contributed by atoms with E-state index in [2.05, 4.69) is 42.8 Å². The first kappa shape index (κ1) is 7.22. The van der Waals surface area contributed by atoms with E-state index in [0.29, 0.717) is 5.41 Å². The Labute approximate surface area is 53.7 Å². The third-order valence-corrected chi connectivity index (χ3v) is 0.827. The van der Waals surface area contributed by atoms with E-state index in [9.17, 15) is 0 Å². The number of hydrogen-bond acceptors (Lipinski definition) is 0. The maximum absolute atomic E-state index is 3.20. The molecular formula is C6H11Br. The standard InChI is InChI=1S/C6H11Br/c1-6(2,3)4-5-7/h4-5H,1-3H3/b5-4-. The molecule has 0 amide bonds. The molecule has 0 rings (SSSR count). The Balaban J connectivity index is 3.56. The summed E-state index contributed by atoms with van der Waals surface area (Å²) in [5.41, 5.74) is 0.323. The van der Waals surface area contributed by atoms with E-state index in [4.69, 9.17) is 0 Å². The number of allylic oxidation sites excluding steroid dienone is 1. The van der Waals surface area contributed by atoms with Crippen LogP contribution in [-0.4, -0.2) is 0 Å². The monoisotopic (exact) mass is 162 g/mol. The van der Waals surface area contributed by atoms with Gasteiger partial charge in [0.05, 0.1) is 0 Å². The van der Waals surface area contributed by atoms with Gasteiger partial charge in [0.25, 0.3) is 0 Å². The summed E-state index contributed by atoms with van der Waals surface area (Å²) in [6.07, 6.45) is 2.10. The molecule has 0 aromatic carbocycles. The highest BCUT2D eigenvalue weighted by atomic mass is 79.9. The summed E-state index contributed by atoms with van der Waals surface area (Å²) in [5, 5.41) is 0. The highest BCUT2D eigenvalue weighted by molar-refractivity contribution is 9.11. The van der Waals surface area contributed by atoms with E-state index in [0.717, 1.165) is 0 Å². The van der Waals surface area contributed by atoms with Crippen LogP contribution in [0.1, 0.15) is 20.8 Å². The van der Waals surface area contributed by atoms with E-state index < -0.39 is 0 Å². The molecule has 0 bridgehead atoms. The molecule has 0 nitrogen and oxygen atoms in total. The fraction of sp³-hybridized carbons (Fsp3) is 0.667. The van der Waals surface area contributed by atoms with Gasteiger partial charge in [0.15, 0.2) is 0 Å². The molecule has 0 saturated carbocycles. The molecule has 0 aliphatic carbocycles. The van der Waals surface area contributed by atoms with Crippen LogP contribution >= 0.6 is 15.9 Å². The maximum Gasteiger partial charge on any atom is -0.0195 e. The molecule has 0 atom stereocenters. The van der Waals surface area contributed by atoms with Crippen molar-refractivity contribution in [2.24, 2.45) is 5.41 Å². The summed E-state index contributed by atoms with van der Waals surface area (Å²) >= 11 is 3.20. The number of hydrogen-bond donors (Lipinski definition) is 0. The Morgan fingerprint density at radius 1 is 1.29 bits per heavy atom. The Morgan fingerprint density at radius 2 is 1.71 bits per heavy atom. The SMILES string of the molecule is CC(C)(C)/C=C\Br. The van der Waals surface area contributed by atoms with Crippen LogP contribution in [0.4, 0.5) is 0 Å². The van der Waals surface area contributed by atoms with Crippen molar-refractivity contribution in [3.05, 3.63) is 11.1 Å². The second-order valence-electron chi connectivity index (χ2n) is 2.66. The zero-order valence-corrected chi connectivity index (χ0v) is 6.62. The molecule has 0 heterocycles. The second-order valence-corrected chi connectivity index (χ2v) is 3.19. The first-order chi connectivity index (χ1) is 3.06. The van der Waals surface area contributed by atoms with E-state index in [1.807, 2.05) is 4.99 Å². The lowest BCUT2D eigenvalue weighted by molar-refractivity contribution is 0.545. The van der Waals surface area contributed by atoms with Crippen molar-refractivity contribution >= 4 is 15.9 Å². The van der Waals surface area contributed by atoms with Gasteiger partial charge in [-0.05, 0) is 10.4 Å². The molecule has 0 aliphatic heterocycles.